The molecule has 0 radical (unpaired) electrons. The van der Waals surface area contributed by atoms with E-state index in [9.17, 15) is 8.42 Å². The molecule has 5 nitrogen and oxygen atoms in total. The van der Waals surface area contributed by atoms with Crippen molar-refractivity contribution in [3.05, 3.63) is 0 Å². The molecule has 0 saturated carbocycles. The van der Waals surface area contributed by atoms with E-state index in [0.29, 0.717) is 12.3 Å². The lowest BCUT2D eigenvalue weighted by Crippen LogP contribution is -2.44. The van der Waals surface area contributed by atoms with E-state index in [-0.39, 0.29) is 23.7 Å². The fourth-order valence-corrected chi connectivity index (χ4v) is 3.53. The Morgan fingerprint density at radius 3 is 2.72 bits per heavy atom. The number of sulfone groups is 1. The number of nitrogens with one attached hydrogen (secondary N) is 1. The SMILES string of the molecule is CCC1OCCC1C(CCCS(=O)(=O)CC)NN. The molecule has 1 saturated heterocycles. The van der Waals surface area contributed by atoms with Crippen LogP contribution in [0.5, 0.6) is 0 Å². The van der Waals surface area contributed by atoms with Gasteiger partial charge >= 0.3 is 0 Å². The highest BCUT2D eigenvalue weighted by atomic mass is 32.2. The maximum Gasteiger partial charge on any atom is 0.150 e. The van der Waals surface area contributed by atoms with Gasteiger partial charge in [-0.25, -0.2) is 8.42 Å². The molecule has 1 aliphatic heterocycles. The molecular formula is C12H26N2O3S. The summed E-state index contributed by atoms with van der Waals surface area (Å²) >= 11 is 0. The first-order chi connectivity index (χ1) is 8.54. The summed E-state index contributed by atoms with van der Waals surface area (Å²) < 4.78 is 28.5. The van der Waals surface area contributed by atoms with Crippen molar-refractivity contribution in [2.24, 2.45) is 11.8 Å². The standard InChI is InChI=1S/C12H26N2O3S/c1-3-12-10(7-8-17-12)11(14-13)6-5-9-18(15,16)4-2/h10-12,14H,3-9,13H2,1-2H3. The third-order valence-corrected chi connectivity index (χ3v) is 5.59. The Morgan fingerprint density at radius 2 is 2.17 bits per heavy atom. The molecular weight excluding hydrogens is 252 g/mol. The lowest BCUT2D eigenvalue weighted by atomic mass is 9.89. The lowest BCUT2D eigenvalue weighted by molar-refractivity contribution is 0.0764. The van der Waals surface area contributed by atoms with Crippen LogP contribution in [0.15, 0.2) is 0 Å². The van der Waals surface area contributed by atoms with Crippen LogP contribution in [0.25, 0.3) is 0 Å². The third-order valence-electron chi connectivity index (χ3n) is 3.80. The predicted molar refractivity (Wildman–Crippen MR) is 72.8 cm³/mol. The minimum atomic E-state index is -2.87. The van der Waals surface area contributed by atoms with Gasteiger partial charge in [-0.2, -0.15) is 0 Å². The Bertz CT molecular complexity index is 332. The van der Waals surface area contributed by atoms with Gasteiger partial charge in [-0.1, -0.05) is 13.8 Å². The van der Waals surface area contributed by atoms with Crippen molar-refractivity contribution in [3.63, 3.8) is 0 Å². The van der Waals surface area contributed by atoms with E-state index in [2.05, 4.69) is 12.3 Å². The Labute approximate surface area is 110 Å². The first-order valence-corrected chi connectivity index (χ1v) is 8.64. The second-order valence-corrected chi connectivity index (χ2v) is 7.39. The maximum absolute atomic E-state index is 11.4. The van der Waals surface area contributed by atoms with Crippen LogP contribution in [0, 0.1) is 5.92 Å². The molecule has 0 spiro atoms. The van der Waals surface area contributed by atoms with E-state index in [1.807, 2.05) is 0 Å². The van der Waals surface area contributed by atoms with Gasteiger partial charge in [0.2, 0.25) is 0 Å². The highest BCUT2D eigenvalue weighted by Gasteiger charge is 2.32. The highest BCUT2D eigenvalue weighted by molar-refractivity contribution is 7.91. The van der Waals surface area contributed by atoms with E-state index in [1.54, 1.807) is 6.92 Å². The number of hydrogen-bond acceptors (Lipinski definition) is 5. The van der Waals surface area contributed by atoms with Gasteiger partial charge in [0.15, 0.2) is 0 Å². The topological polar surface area (TPSA) is 81.4 Å². The third kappa shape index (κ3) is 4.50. The van der Waals surface area contributed by atoms with Crippen LogP contribution in [-0.4, -0.2) is 38.7 Å². The van der Waals surface area contributed by atoms with Crippen molar-refractivity contribution in [2.45, 2.75) is 51.7 Å². The zero-order valence-electron chi connectivity index (χ0n) is 11.4. The first kappa shape index (κ1) is 15.9. The number of hydrogen-bond donors (Lipinski definition) is 2. The molecule has 1 heterocycles. The van der Waals surface area contributed by atoms with Crippen LogP contribution < -0.4 is 11.3 Å². The molecule has 0 aliphatic carbocycles. The second kappa shape index (κ2) is 7.43. The zero-order chi connectivity index (χ0) is 13.6. The molecule has 1 fully saturated rings. The van der Waals surface area contributed by atoms with E-state index < -0.39 is 9.84 Å². The summed E-state index contributed by atoms with van der Waals surface area (Å²) in [7, 11) is -2.87. The zero-order valence-corrected chi connectivity index (χ0v) is 12.2. The molecule has 108 valence electrons. The van der Waals surface area contributed by atoms with Crippen LogP contribution in [0.3, 0.4) is 0 Å². The molecule has 3 atom stereocenters. The van der Waals surface area contributed by atoms with Crippen molar-refractivity contribution in [2.75, 3.05) is 18.1 Å². The lowest BCUT2D eigenvalue weighted by Gasteiger charge is -2.26. The smallest absolute Gasteiger partial charge is 0.150 e. The van der Waals surface area contributed by atoms with Gasteiger partial charge in [-0.15, -0.1) is 0 Å². The van der Waals surface area contributed by atoms with Crippen LogP contribution in [0.1, 0.15) is 39.5 Å². The van der Waals surface area contributed by atoms with Crippen LogP contribution in [0.4, 0.5) is 0 Å². The minimum absolute atomic E-state index is 0.157. The fraction of sp³-hybridized carbons (Fsp3) is 1.00. The van der Waals surface area contributed by atoms with Gasteiger partial charge < -0.3 is 4.74 Å². The van der Waals surface area contributed by atoms with Gasteiger partial charge in [0, 0.05) is 24.3 Å². The molecule has 3 N–H and O–H groups in total. The van der Waals surface area contributed by atoms with Gasteiger partial charge in [-0.3, -0.25) is 11.3 Å². The Morgan fingerprint density at radius 1 is 1.44 bits per heavy atom. The largest absolute Gasteiger partial charge is 0.378 e. The van der Waals surface area contributed by atoms with E-state index >= 15 is 0 Å². The Hall–Kier alpha value is -0.170. The van der Waals surface area contributed by atoms with Crippen molar-refractivity contribution < 1.29 is 13.2 Å². The van der Waals surface area contributed by atoms with Crippen LogP contribution in [-0.2, 0) is 14.6 Å². The number of ether oxygens (including phenoxy) is 1. The summed E-state index contributed by atoms with van der Waals surface area (Å²) in [5.74, 6) is 6.48. The van der Waals surface area contributed by atoms with Crippen molar-refractivity contribution in [1.29, 1.82) is 0 Å². The predicted octanol–water partition coefficient (Wildman–Crippen LogP) is 0.848. The molecule has 0 amide bonds. The summed E-state index contributed by atoms with van der Waals surface area (Å²) in [5.41, 5.74) is 2.84. The van der Waals surface area contributed by atoms with Gasteiger partial charge in [0.05, 0.1) is 11.9 Å². The summed E-state index contributed by atoms with van der Waals surface area (Å²) in [4.78, 5) is 0. The molecule has 0 aromatic rings. The second-order valence-electron chi connectivity index (χ2n) is 4.92. The number of hydrazine groups is 1. The Kier molecular flexibility index (Phi) is 6.55. The minimum Gasteiger partial charge on any atom is -0.378 e. The summed E-state index contributed by atoms with van der Waals surface area (Å²) in [6.07, 6.45) is 3.70. The molecule has 6 heteroatoms. The molecule has 0 aromatic heterocycles. The van der Waals surface area contributed by atoms with E-state index in [0.717, 1.165) is 25.9 Å². The summed E-state index contributed by atoms with van der Waals surface area (Å²) in [5, 5.41) is 0. The normalized spacial score (nSPS) is 26.4. The molecule has 3 unspecified atom stereocenters. The van der Waals surface area contributed by atoms with Gasteiger partial charge in [0.25, 0.3) is 0 Å². The van der Waals surface area contributed by atoms with Crippen LogP contribution in [0.2, 0.25) is 0 Å². The average molecular weight is 278 g/mol. The first-order valence-electron chi connectivity index (χ1n) is 6.82. The number of nitrogens with two attached hydrogens (primary N) is 1. The fourth-order valence-electron chi connectivity index (χ4n) is 2.63. The monoisotopic (exact) mass is 278 g/mol. The summed E-state index contributed by atoms with van der Waals surface area (Å²) in [6.45, 7) is 4.58. The maximum atomic E-state index is 11.4. The Balaban J connectivity index is 2.42. The highest BCUT2D eigenvalue weighted by Crippen LogP contribution is 2.28. The quantitative estimate of drug-likeness (QED) is 0.508. The summed E-state index contributed by atoms with van der Waals surface area (Å²) in [6, 6.07) is 0.157. The molecule has 1 rings (SSSR count). The van der Waals surface area contributed by atoms with E-state index in [4.69, 9.17) is 10.6 Å². The van der Waals surface area contributed by atoms with Gasteiger partial charge in [0.1, 0.15) is 9.84 Å². The van der Waals surface area contributed by atoms with Gasteiger partial charge in [-0.05, 0) is 25.7 Å². The molecule has 0 aromatic carbocycles. The average Bonchev–Trinajstić information content (AvgIpc) is 2.82. The van der Waals surface area contributed by atoms with Crippen molar-refractivity contribution in [1.82, 2.24) is 5.43 Å². The van der Waals surface area contributed by atoms with Crippen LogP contribution >= 0.6 is 0 Å². The van der Waals surface area contributed by atoms with E-state index in [1.165, 1.54) is 0 Å². The molecule has 1 aliphatic rings. The van der Waals surface area contributed by atoms with Crippen molar-refractivity contribution >= 4 is 9.84 Å². The number of rotatable bonds is 8. The molecule has 0 bridgehead atoms. The molecule has 18 heavy (non-hydrogen) atoms. The van der Waals surface area contributed by atoms with Crippen molar-refractivity contribution in [3.8, 4) is 0 Å².